The van der Waals surface area contributed by atoms with E-state index in [0.717, 1.165) is 34.3 Å². The summed E-state index contributed by atoms with van der Waals surface area (Å²) in [5.41, 5.74) is 2.31. The van der Waals surface area contributed by atoms with Crippen molar-refractivity contribution in [2.45, 2.75) is 19.9 Å². The molecule has 4 aromatic rings. The summed E-state index contributed by atoms with van der Waals surface area (Å²) in [4.78, 5) is 15.6. The first-order chi connectivity index (χ1) is 17.5. The van der Waals surface area contributed by atoms with Crippen molar-refractivity contribution in [3.8, 4) is 28.7 Å². The molecule has 0 N–H and O–H groups in total. The molecular formula is C28H26BrNO6. The molecule has 7 nitrogen and oxygen atoms in total. The molecule has 0 amide bonds. The Balaban J connectivity index is 1.40. The lowest BCUT2D eigenvalue weighted by atomic mass is 10.1. The fraction of sp³-hybridized carbons (Fsp3) is 0.250. The SMILES string of the molecule is COc1ccc(CCN2COc3ccc4c(=O)c(Oc5ccccc5Br)c(C)oc4c3C2)cc1OC. The summed E-state index contributed by atoms with van der Waals surface area (Å²) in [7, 11) is 3.26. The average molecular weight is 552 g/mol. The van der Waals surface area contributed by atoms with E-state index in [-0.39, 0.29) is 11.2 Å². The van der Waals surface area contributed by atoms with E-state index in [4.69, 9.17) is 23.4 Å². The molecular weight excluding hydrogens is 526 g/mol. The van der Waals surface area contributed by atoms with Crippen LogP contribution in [-0.2, 0) is 13.0 Å². The lowest BCUT2D eigenvalue weighted by Gasteiger charge is -2.29. The van der Waals surface area contributed by atoms with Crippen molar-refractivity contribution in [2.24, 2.45) is 0 Å². The Bertz CT molecular complexity index is 1480. The molecule has 36 heavy (non-hydrogen) atoms. The number of methoxy groups -OCH3 is 2. The molecule has 0 bridgehead atoms. The third-order valence-corrected chi connectivity index (χ3v) is 6.90. The van der Waals surface area contributed by atoms with Crippen LogP contribution < -0.4 is 24.4 Å². The van der Waals surface area contributed by atoms with Crippen LogP contribution in [0.2, 0.25) is 0 Å². The zero-order valence-electron chi connectivity index (χ0n) is 20.3. The predicted molar refractivity (Wildman–Crippen MR) is 141 cm³/mol. The number of benzene rings is 3. The minimum atomic E-state index is -0.213. The third-order valence-electron chi connectivity index (χ3n) is 6.24. The van der Waals surface area contributed by atoms with Gasteiger partial charge in [-0.25, -0.2) is 0 Å². The molecule has 186 valence electrons. The van der Waals surface area contributed by atoms with Gasteiger partial charge < -0.3 is 23.4 Å². The van der Waals surface area contributed by atoms with Crippen molar-refractivity contribution in [2.75, 3.05) is 27.5 Å². The monoisotopic (exact) mass is 551 g/mol. The minimum absolute atomic E-state index is 0.177. The van der Waals surface area contributed by atoms with Gasteiger partial charge >= 0.3 is 0 Å². The summed E-state index contributed by atoms with van der Waals surface area (Å²) in [5.74, 6) is 3.28. The van der Waals surface area contributed by atoms with Gasteiger partial charge in [-0.2, -0.15) is 0 Å². The second-order valence-corrected chi connectivity index (χ2v) is 9.39. The lowest BCUT2D eigenvalue weighted by Crippen LogP contribution is -2.33. The van der Waals surface area contributed by atoms with Gasteiger partial charge in [-0.15, -0.1) is 0 Å². The lowest BCUT2D eigenvalue weighted by molar-refractivity contribution is 0.0967. The molecule has 0 spiro atoms. The Morgan fingerprint density at radius 1 is 1.00 bits per heavy atom. The zero-order valence-corrected chi connectivity index (χ0v) is 21.9. The summed E-state index contributed by atoms with van der Waals surface area (Å²) >= 11 is 3.46. The van der Waals surface area contributed by atoms with Gasteiger partial charge in [0.25, 0.3) is 0 Å². The molecule has 0 unspecified atom stereocenters. The highest BCUT2D eigenvalue weighted by atomic mass is 79.9. The van der Waals surface area contributed by atoms with Crippen molar-refractivity contribution in [1.29, 1.82) is 0 Å². The Hall–Kier alpha value is -3.49. The molecule has 3 aromatic carbocycles. The van der Waals surface area contributed by atoms with Crippen LogP contribution in [0.25, 0.3) is 11.0 Å². The molecule has 0 radical (unpaired) electrons. The van der Waals surface area contributed by atoms with Crippen molar-refractivity contribution < 1.29 is 23.4 Å². The third kappa shape index (κ3) is 4.66. The first kappa shape index (κ1) is 24.2. The van der Waals surface area contributed by atoms with Crippen molar-refractivity contribution in [3.63, 3.8) is 0 Å². The van der Waals surface area contributed by atoms with Gasteiger partial charge in [0, 0.05) is 13.1 Å². The van der Waals surface area contributed by atoms with E-state index in [9.17, 15) is 4.79 Å². The normalized spacial score (nSPS) is 13.2. The van der Waals surface area contributed by atoms with E-state index in [0.29, 0.717) is 47.3 Å². The number of para-hydroxylation sites is 1. The average Bonchev–Trinajstić information content (AvgIpc) is 2.90. The standard InChI is InChI=1S/C28H26BrNO6/c1-17-27(36-23-7-5-4-6-21(23)29)26(31)19-9-11-22-20(28(19)35-17)15-30(16-34-22)13-12-18-8-10-24(32-2)25(14-18)33-3/h4-11,14H,12-13,15-16H2,1-3H3. The number of hydrogen-bond donors (Lipinski definition) is 0. The van der Waals surface area contributed by atoms with Crippen LogP contribution in [0.1, 0.15) is 16.9 Å². The van der Waals surface area contributed by atoms with E-state index in [1.807, 2.05) is 42.5 Å². The topological polar surface area (TPSA) is 70.4 Å². The molecule has 2 heterocycles. The van der Waals surface area contributed by atoms with Crippen LogP contribution in [0.4, 0.5) is 0 Å². The number of rotatable bonds is 7. The molecule has 5 rings (SSSR count). The number of aryl methyl sites for hydroxylation is 1. The molecule has 0 atom stereocenters. The summed E-state index contributed by atoms with van der Waals surface area (Å²) in [6.07, 6.45) is 0.802. The van der Waals surface area contributed by atoms with Crippen molar-refractivity contribution >= 4 is 26.9 Å². The summed E-state index contributed by atoms with van der Waals surface area (Å²) in [6, 6.07) is 16.9. The number of hydrogen-bond acceptors (Lipinski definition) is 7. The summed E-state index contributed by atoms with van der Waals surface area (Å²) in [5, 5.41) is 0.465. The van der Waals surface area contributed by atoms with E-state index in [1.165, 1.54) is 0 Å². The fourth-order valence-electron chi connectivity index (χ4n) is 4.32. The van der Waals surface area contributed by atoms with Gasteiger partial charge in [0.1, 0.15) is 29.6 Å². The van der Waals surface area contributed by atoms with Gasteiger partial charge in [-0.05, 0) is 71.2 Å². The van der Waals surface area contributed by atoms with Gasteiger partial charge in [0.05, 0.1) is 29.6 Å². The molecule has 0 saturated carbocycles. The largest absolute Gasteiger partial charge is 0.493 e. The Morgan fingerprint density at radius 2 is 1.81 bits per heavy atom. The van der Waals surface area contributed by atoms with Gasteiger partial charge in [-0.1, -0.05) is 18.2 Å². The number of halogens is 1. The van der Waals surface area contributed by atoms with Crippen LogP contribution in [0.5, 0.6) is 28.7 Å². The highest BCUT2D eigenvalue weighted by Gasteiger charge is 2.24. The summed E-state index contributed by atoms with van der Waals surface area (Å²) < 4.78 is 29.7. The number of nitrogens with zero attached hydrogens (tertiary/aromatic N) is 1. The molecule has 1 aromatic heterocycles. The molecule has 1 aliphatic heterocycles. The van der Waals surface area contributed by atoms with Gasteiger partial charge in [-0.3, -0.25) is 9.69 Å². The molecule has 8 heteroatoms. The van der Waals surface area contributed by atoms with E-state index >= 15 is 0 Å². The van der Waals surface area contributed by atoms with E-state index < -0.39 is 0 Å². The smallest absolute Gasteiger partial charge is 0.235 e. The maximum atomic E-state index is 13.4. The highest BCUT2D eigenvalue weighted by molar-refractivity contribution is 9.10. The first-order valence-electron chi connectivity index (χ1n) is 11.6. The molecule has 0 saturated heterocycles. The molecule has 0 fully saturated rings. The van der Waals surface area contributed by atoms with Crippen LogP contribution in [0.3, 0.4) is 0 Å². The zero-order chi connectivity index (χ0) is 25.2. The highest BCUT2D eigenvalue weighted by Crippen LogP contribution is 2.35. The summed E-state index contributed by atoms with van der Waals surface area (Å²) in [6.45, 7) is 3.56. The predicted octanol–water partition coefficient (Wildman–Crippen LogP) is 6.07. The first-order valence-corrected chi connectivity index (χ1v) is 12.4. The maximum Gasteiger partial charge on any atom is 0.235 e. The van der Waals surface area contributed by atoms with Crippen LogP contribution >= 0.6 is 15.9 Å². The van der Waals surface area contributed by atoms with Crippen molar-refractivity contribution in [1.82, 2.24) is 4.90 Å². The minimum Gasteiger partial charge on any atom is -0.493 e. The van der Waals surface area contributed by atoms with Gasteiger partial charge in [0.15, 0.2) is 11.5 Å². The maximum absolute atomic E-state index is 13.4. The van der Waals surface area contributed by atoms with E-state index in [1.54, 1.807) is 33.3 Å². The van der Waals surface area contributed by atoms with E-state index in [2.05, 4.69) is 20.8 Å². The number of fused-ring (bicyclic) bond motifs is 3. The van der Waals surface area contributed by atoms with Gasteiger partial charge in [0.2, 0.25) is 11.2 Å². The Kier molecular flexibility index (Phi) is 6.89. The Labute approximate surface area is 217 Å². The van der Waals surface area contributed by atoms with Crippen LogP contribution in [-0.4, -0.2) is 32.4 Å². The second-order valence-electron chi connectivity index (χ2n) is 8.53. The molecule has 0 aliphatic carbocycles. The second kappa shape index (κ2) is 10.2. The Morgan fingerprint density at radius 3 is 2.58 bits per heavy atom. The fourth-order valence-corrected chi connectivity index (χ4v) is 4.69. The molecule has 1 aliphatic rings. The van der Waals surface area contributed by atoms with Crippen LogP contribution in [0.15, 0.2) is 68.3 Å². The van der Waals surface area contributed by atoms with Crippen LogP contribution in [0, 0.1) is 6.92 Å². The quantitative estimate of drug-likeness (QED) is 0.276. The number of ether oxygens (including phenoxy) is 4. The van der Waals surface area contributed by atoms with Crippen molar-refractivity contribution in [3.05, 3.63) is 86.2 Å².